The predicted octanol–water partition coefficient (Wildman–Crippen LogP) is 3.05. The summed E-state index contributed by atoms with van der Waals surface area (Å²) < 4.78 is 2.13. The minimum Gasteiger partial charge on any atom is -0.326 e. The van der Waals surface area contributed by atoms with E-state index in [9.17, 15) is 0 Å². The zero-order chi connectivity index (χ0) is 15.0. The molecule has 0 amide bonds. The summed E-state index contributed by atoms with van der Waals surface area (Å²) in [7, 11) is 21.7. The van der Waals surface area contributed by atoms with Gasteiger partial charge in [0.2, 0.25) is 0 Å². The van der Waals surface area contributed by atoms with Crippen molar-refractivity contribution in [3.8, 4) is 0 Å². The molecule has 0 aliphatic carbocycles. The van der Waals surface area contributed by atoms with E-state index in [1.165, 1.54) is 13.1 Å². The van der Waals surface area contributed by atoms with E-state index in [1.807, 2.05) is 0 Å². The van der Waals surface area contributed by atoms with Crippen LogP contribution in [0.4, 0.5) is 0 Å². The molecule has 0 radical (unpaired) electrons. The fourth-order valence-corrected chi connectivity index (χ4v) is 1.000. The van der Waals surface area contributed by atoms with Gasteiger partial charge >= 0.3 is 0 Å². The Morgan fingerprint density at radius 2 is 0.682 bits per heavy atom. The molecule has 0 aromatic carbocycles. The van der Waals surface area contributed by atoms with Gasteiger partial charge < -0.3 is 18.8 Å². The Balaban J connectivity index is -0.0000000500. The first-order valence-electron chi connectivity index (χ1n) is 6.74. The molecule has 0 saturated heterocycles. The molecule has 22 heavy (non-hydrogen) atoms. The van der Waals surface area contributed by atoms with Crippen molar-refractivity contribution in [3.05, 3.63) is 0 Å². The second-order valence-electron chi connectivity index (χ2n) is 7.63. The molecule has 0 N–H and O–H groups in total. The molecule has 0 unspecified atom stereocenters. The van der Waals surface area contributed by atoms with Crippen LogP contribution in [0.25, 0.3) is 0 Å². The summed E-state index contributed by atoms with van der Waals surface area (Å²) in [4.78, 5) is 4.36. The van der Waals surface area contributed by atoms with Crippen molar-refractivity contribution in [2.45, 2.75) is 29.7 Å². The molecular weight excluding hydrogens is 272 g/mol. The van der Waals surface area contributed by atoms with Crippen LogP contribution in [0.2, 0.25) is 0 Å². The molecule has 0 bridgehead atoms. The predicted molar refractivity (Wildman–Crippen MR) is 110 cm³/mol. The van der Waals surface area contributed by atoms with Crippen molar-refractivity contribution < 1.29 is 8.97 Å². The highest BCUT2D eigenvalue weighted by atomic mass is 15.3. The molecule has 0 atom stereocenters. The van der Waals surface area contributed by atoms with Crippen molar-refractivity contribution in [2.75, 3.05) is 96.7 Å². The molecular formula is C18H54N4+2. The fraction of sp³-hybridized carbons (Fsp3) is 1.00. The maximum atomic E-state index is 2.23. The molecule has 0 heterocycles. The van der Waals surface area contributed by atoms with Crippen LogP contribution in [0.1, 0.15) is 29.7 Å². The molecule has 0 saturated carbocycles. The zero-order valence-corrected chi connectivity index (χ0v) is 14.6. The maximum absolute atomic E-state index is 2.23. The summed E-state index contributed by atoms with van der Waals surface area (Å²) in [5, 5.41) is 0. The van der Waals surface area contributed by atoms with Gasteiger partial charge in [-0.3, -0.25) is 0 Å². The second-order valence-corrected chi connectivity index (χ2v) is 7.63. The van der Waals surface area contributed by atoms with Gasteiger partial charge in [0.15, 0.2) is 0 Å². The van der Waals surface area contributed by atoms with Crippen LogP contribution in [0, 0.1) is 0 Å². The Bertz CT molecular complexity index is 166. The van der Waals surface area contributed by atoms with Crippen molar-refractivity contribution in [3.63, 3.8) is 0 Å². The van der Waals surface area contributed by atoms with E-state index in [4.69, 9.17) is 0 Å². The van der Waals surface area contributed by atoms with Gasteiger partial charge in [-0.25, -0.2) is 0 Å². The summed E-state index contributed by atoms with van der Waals surface area (Å²) in [5.41, 5.74) is 0. The third-order valence-corrected chi connectivity index (χ3v) is 2.44. The molecule has 0 fully saturated rings. The van der Waals surface area contributed by atoms with Gasteiger partial charge in [0.1, 0.15) is 13.1 Å². The summed E-state index contributed by atoms with van der Waals surface area (Å²) in [6.45, 7) is 4.77. The third-order valence-electron chi connectivity index (χ3n) is 2.44. The SMILES string of the molecule is C.C.C.C.CN(C)CCN(C)C.C[N+](C)(C)CC[N+](C)(C)C. The molecule has 4 nitrogen and oxygen atoms in total. The van der Waals surface area contributed by atoms with Crippen molar-refractivity contribution in [2.24, 2.45) is 0 Å². The summed E-state index contributed by atoms with van der Waals surface area (Å²) in [5.74, 6) is 0. The molecule has 0 spiro atoms. The van der Waals surface area contributed by atoms with Gasteiger partial charge in [0.05, 0.1) is 42.3 Å². The zero-order valence-electron chi connectivity index (χ0n) is 14.6. The lowest BCUT2D eigenvalue weighted by atomic mass is 10.4. The molecule has 144 valence electrons. The lowest BCUT2D eigenvalue weighted by Gasteiger charge is -2.30. The topological polar surface area (TPSA) is 6.48 Å². The Morgan fingerprint density at radius 3 is 0.773 bits per heavy atom. The largest absolute Gasteiger partial charge is 0.326 e. The fourth-order valence-electron chi connectivity index (χ4n) is 1.000. The van der Waals surface area contributed by atoms with E-state index < -0.39 is 0 Å². The van der Waals surface area contributed by atoms with E-state index in [0.717, 1.165) is 22.1 Å². The second kappa shape index (κ2) is 17.2. The summed E-state index contributed by atoms with van der Waals surface area (Å²) in [6, 6.07) is 0. The van der Waals surface area contributed by atoms with Gasteiger partial charge in [-0.15, -0.1) is 0 Å². The molecule has 4 heteroatoms. The average molecular weight is 327 g/mol. The normalized spacial score (nSPS) is 10.4. The maximum Gasteiger partial charge on any atom is 0.128 e. The number of hydrogen-bond donors (Lipinski definition) is 0. The number of rotatable bonds is 6. The standard InChI is InChI=1S/C8H22N2.C6H16N2.4CH4/c1-9(2,3)7-8-10(4,5)6;1-7(2)5-6-8(3)4;;;;/h7-8H2,1-6H3;5-6H2,1-4H3;4*1H4/q+2;;;;;. The average Bonchev–Trinajstić information content (AvgIpc) is 2.10. The van der Waals surface area contributed by atoms with Crippen LogP contribution >= 0.6 is 0 Å². The van der Waals surface area contributed by atoms with E-state index >= 15 is 0 Å². The number of hydrogen-bond acceptors (Lipinski definition) is 2. The van der Waals surface area contributed by atoms with Crippen molar-refractivity contribution >= 4 is 0 Å². The minimum atomic E-state index is 0. The number of quaternary nitrogens is 2. The van der Waals surface area contributed by atoms with Crippen LogP contribution in [0.3, 0.4) is 0 Å². The van der Waals surface area contributed by atoms with Gasteiger partial charge in [-0.1, -0.05) is 29.7 Å². The van der Waals surface area contributed by atoms with Crippen LogP contribution in [-0.4, -0.2) is 115 Å². The Hall–Kier alpha value is -0.160. The lowest BCUT2D eigenvalue weighted by Crippen LogP contribution is -2.46. The number of likely N-dealkylation sites (N-methyl/N-ethyl adjacent to an activating group) is 4. The van der Waals surface area contributed by atoms with Gasteiger partial charge in [-0.05, 0) is 28.2 Å². The Labute approximate surface area is 145 Å². The molecule has 0 aliphatic heterocycles. The van der Waals surface area contributed by atoms with Crippen molar-refractivity contribution in [1.29, 1.82) is 0 Å². The van der Waals surface area contributed by atoms with Crippen LogP contribution in [-0.2, 0) is 0 Å². The molecule has 0 aromatic rings. The van der Waals surface area contributed by atoms with Gasteiger partial charge in [-0.2, -0.15) is 0 Å². The van der Waals surface area contributed by atoms with E-state index in [-0.39, 0.29) is 29.7 Å². The number of nitrogens with zero attached hydrogens (tertiary/aromatic N) is 4. The highest BCUT2D eigenvalue weighted by Crippen LogP contribution is 1.94. The minimum absolute atomic E-state index is 0. The highest BCUT2D eigenvalue weighted by molar-refractivity contribution is 4.45. The van der Waals surface area contributed by atoms with E-state index in [1.54, 1.807) is 0 Å². The third kappa shape index (κ3) is 50.2. The Kier molecular flexibility index (Phi) is 29.6. The van der Waals surface area contributed by atoms with E-state index in [2.05, 4.69) is 80.3 Å². The first-order chi connectivity index (χ1) is 7.83. The highest BCUT2D eigenvalue weighted by Gasteiger charge is 2.13. The summed E-state index contributed by atoms with van der Waals surface area (Å²) in [6.07, 6.45) is 0. The van der Waals surface area contributed by atoms with Gasteiger partial charge in [0.25, 0.3) is 0 Å². The Morgan fingerprint density at radius 1 is 0.500 bits per heavy atom. The first-order valence-corrected chi connectivity index (χ1v) is 6.74. The smallest absolute Gasteiger partial charge is 0.128 e. The molecule has 0 rings (SSSR count). The van der Waals surface area contributed by atoms with Gasteiger partial charge in [0, 0.05) is 13.1 Å². The quantitative estimate of drug-likeness (QED) is 0.692. The molecule has 0 aliphatic rings. The van der Waals surface area contributed by atoms with Crippen molar-refractivity contribution in [1.82, 2.24) is 9.80 Å². The van der Waals surface area contributed by atoms with Crippen LogP contribution in [0.5, 0.6) is 0 Å². The lowest BCUT2D eigenvalue weighted by molar-refractivity contribution is -0.927. The first kappa shape index (κ1) is 37.8. The monoisotopic (exact) mass is 326 g/mol. The van der Waals surface area contributed by atoms with Crippen LogP contribution < -0.4 is 0 Å². The summed E-state index contributed by atoms with van der Waals surface area (Å²) >= 11 is 0. The molecule has 0 aromatic heterocycles. The van der Waals surface area contributed by atoms with Crippen LogP contribution in [0.15, 0.2) is 0 Å². The van der Waals surface area contributed by atoms with E-state index in [0.29, 0.717) is 0 Å².